The van der Waals surface area contributed by atoms with Gasteiger partial charge < -0.3 is 15.0 Å². The minimum absolute atomic E-state index is 0.262. The van der Waals surface area contributed by atoms with Crippen LogP contribution in [0, 0.1) is 11.8 Å². The minimum Gasteiger partial charge on any atom is -0.389 e. The van der Waals surface area contributed by atoms with Crippen molar-refractivity contribution in [3.63, 3.8) is 0 Å². The maximum absolute atomic E-state index is 11.6. The van der Waals surface area contributed by atoms with Crippen LogP contribution in [0.3, 0.4) is 0 Å². The van der Waals surface area contributed by atoms with Crippen molar-refractivity contribution in [2.75, 3.05) is 20.1 Å². The summed E-state index contributed by atoms with van der Waals surface area (Å²) in [5, 5.41) is 14.2. The first kappa shape index (κ1) is 22.5. The molecule has 0 unspecified atom stereocenters. The van der Waals surface area contributed by atoms with Gasteiger partial charge in [-0.2, -0.15) is 0 Å². The summed E-state index contributed by atoms with van der Waals surface area (Å²) in [5.41, 5.74) is 4.37. The quantitative estimate of drug-likeness (QED) is 0.325. The third kappa shape index (κ3) is 4.53. The maximum Gasteiger partial charge on any atom is 0.107 e. The number of nitrogens with one attached hydrogen (secondary N) is 1. The van der Waals surface area contributed by atoms with Gasteiger partial charge >= 0.3 is 0 Å². The molecule has 1 aromatic heterocycles. The Morgan fingerprint density at radius 2 is 1.83 bits per heavy atom. The topological polar surface area (TPSA) is 52.2 Å². The van der Waals surface area contributed by atoms with E-state index in [1.54, 1.807) is 0 Å². The van der Waals surface area contributed by atoms with Gasteiger partial charge in [0, 0.05) is 18.9 Å². The third-order valence-corrected chi connectivity index (χ3v) is 8.34. The van der Waals surface area contributed by atoms with Crippen LogP contribution in [0.2, 0.25) is 0 Å². The molecule has 4 nitrogen and oxygen atoms in total. The van der Waals surface area contributed by atoms with E-state index < -0.39 is 5.60 Å². The fourth-order valence-corrected chi connectivity index (χ4v) is 6.31. The minimum atomic E-state index is -0.573. The lowest BCUT2D eigenvalue weighted by Crippen LogP contribution is -2.48. The molecule has 0 spiro atoms. The zero-order valence-electron chi connectivity index (χ0n) is 20.6. The van der Waals surface area contributed by atoms with Gasteiger partial charge in [0.15, 0.2) is 0 Å². The number of benzene rings is 3. The fourth-order valence-electron chi connectivity index (χ4n) is 6.31. The summed E-state index contributed by atoms with van der Waals surface area (Å²) >= 11 is 0. The third-order valence-electron chi connectivity index (χ3n) is 8.34. The molecule has 180 valence electrons. The Balaban J connectivity index is 1.06. The van der Waals surface area contributed by atoms with Crippen molar-refractivity contribution in [3.8, 4) is 0 Å². The monoisotopic (exact) mass is 465 g/mol. The van der Waals surface area contributed by atoms with Gasteiger partial charge in [-0.15, -0.1) is 0 Å². The van der Waals surface area contributed by atoms with Crippen LogP contribution in [0.15, 0.2) is 72.8 Å². The Bertz CT molecular complexity index is 1340. The molecule has 0 amide bonds. The average Bonchev–Trinajstić information content (AvgIpc) is 3.30. The van der Waals surface area contributed by atoms with Gasteiger partial charge in [-0.25, -0.2) is 4.98 Å². The van der Waals surface area contributed by atoms with Crippen LogP contribution in [0.4, 0.5) is 0 Å². The average molecular weight is 466 g/mol. The highest BCUT2D eigenvalue weighted by atomic mass is 16.3. The second-order valence-corrected chi connectivity index (χ2v) is 10.7. The number of rotatable bonds is 8. The number of imidazole rings is 1. The van der Waals surface area contributed by atoms with Gasteiger partial charge in [-0.1, -0.05) is 54.6 Å². The van der Waals surface area contributed by atoms with Crippen molar-refractivity contribution < 1.29 is 5.11 Å². The zero-order valence-corrected chi connectivity index (χ0v) is 20.6. The largest absolute Gasteiger partial charge is 0.389 e. The molecule has 35 heavy (non-hydrogen) atoms. The lowest BCUT2D eigenvalue weighted by Gasteiger charge is -2.48. The summed E-state index contributed by atoms with van der Waals surface area (Å²) in [5.74, 6) is 1.79. The summed E-state index contributed by atoms with van der Waals surface area (Å²) in [6.07, 6.45) is 8.45. The molecule has 0 aliphatic heterocycles. The van der Waals surface area contributed by atoms with E-state index in [4.69, 9.17) is 4.98 Å². The molecular formula is C31H35N3O. The predicted octanol–water partition coefficient (Wildman–Crippen LogP) is 6.22. The normalized spacial score (nSPS) is 23.9. The van der Waals surface area contributed by atoms with E-state index in [0.717, 1.165) is 62.1 Å². The van der Waals surface area contributed by atoms with E-state index in [-0.39, 0.29) is 5.92 Å². The Morgan fingerprint density at radius 3 is 2.66 bits per heavy atom. The SMILES string of the molecule is CN(CCCc1nc2ccccc2[nH]1)CC[C@@]1(O)C[C@@H]2CC[C@@H]1C=C2c1ccc2ccccc2c1. The van der Waals surface area contributed by atoms with E-state index >= 15 is 0 Å². The van der Waals surface area contributed by atoms with Gasteiger partial charge in [0.05, 0.1) is 16.6 Å². The van der Waals surface area contributed by atoms with Gasteiger partial charge in [0.1, 0.15) is 5.82 Å². The molecule has 1 saturated carbocycles. The number of aromatic nitrogens is 2. The first-order valence-corrected chi connectivity index (χ1v) is 13.1. The number of aliphatic hydroxyl groups is 1. The summed E-state index contributed by atoms with van der Waals surface area (Å²) in [7, 11) is 2.18. The number of hydrogen-bond donors (Lipinski definition) is 2. The first-order valence-electron chi connectivity index (χ1n) is 13.1. The lowest BCUT2D eigenvalue weighted by molar-refractivity contribution is -0.0574. The Hall–Kier alpha value is -2.95. The van der Waals surface area contributed by atoms with Gasteiger partial charge in [-0.3, -0.25) is 0 Å². The molecule has 0 radical (unpaired) electrons. The van der Waals surface area contributed by atoms with E-state index in [9.17, 15) is 5.11 Å². The van der Waals surface area contributed by atoms with Crippen LogP contribution < -0.4 is 0 Å². The number of aryl methyl sites for hydroxylation is 1. The molecule has 3 atom stereocenters. The molecule has 7 rings (SSSR count). The summed E-state index contributed by atoms with van der Waals surface area (Å²) in [6, 6.07) is 23.6. The molecule has 1 heterocycles. The second-order valence-electron chi connectivity index (χ2n) is 10.7. The molecule has 2 N–H and O–H groups in total. The highest BCUT2D eigenvalue weighted by molar-refractivity contribution is 5.87. The van der Waals surface area contributed by atoms with Crippen LogP contribution in [0.25, 0.3) is 27.4 Å². The van der Waals surface area contributed by atoms with Crippen molar-refractivity contribution in [2.45, 2.75) is 44.1 Å². The van der Waals surface area contributed by atoms with Crippen molar-refractivity contribution in [1.29, 1.82) is 0 Å². The van der Waals surface area contributed by atoms with Crippen molar-refractivity contribution in [3.05, 3.63) is 84.2 Å². The van der Waals surface area contributed by atoms with Crippen LogP contribution in [0.1, 0.15) is 43.5 Å². The Morgan fingerprint density at radius 1 is 1.00 bits per heavy atom. The smallest absolute Gasteiger partial charge is 0.107 e. The molecule has 2 bridgehead atoms. The van der Waals surface area contributed by atoms with Crippen molar-refractivity contribution >= 4 is 27.4 Å². The summed E-state index contributed by atoms with van der Waals surface area (Å²) in [4.78, 5) is 10.5. The number of hydrogen-bond acceptors (Lipinski definition) is 3. The highest BCUT2D eigenvalue weighted by Crippen LogP contribution is 2.51. The van der Waals surface area contributed by atoms with E-state index in [1.807, 2.05) is 12.1 Å². The van der Waals surface area contributed by atoms with E-state index in [2.05, 4.69) is 77.6 Å². The van der Waals surface area contributed by atoms with Gasteiger partial charge in [0.2, 0.25) is 0 Å². The van der Waals surface area contributed by atoms with Crippen LogP contribution in [0.5, 0.6) is 0 Å². The Kier molecular flexibility index (Phi) is 5.95. The number of H-pyrrole nitrogens is 1. The molecule has 4 aromatic rings. The van der Waals surface area contributed by atoms with Crippen molar-refractivity contribution in [2.24, 2.45) is 11.8 Å². The number of fused-ring (bicyclic) bond motifs is 4. The lowest BCUT2D eigenvalue weighted by atomic mass is 9.61. The van der Waals surface area contributed by atoms with Crippen LogP contribution in [-0.2, 0) is 6.42 Å². The molecule has 3 aliphatic carbocycles. The van der Waals surface area contributed by atoms with E-state index in [0.29, 0.717) is 5.92 Å². The number of allylic oxidation sites excluding steroid dienone is 1. The highest BCUT2D eigenvalue weighted by Gasteiger charge is 2.46. The van der Waals surface area contributed by atoms with Crippen LogP contribution >= 0.6 is 0 Å². The molecule has 1 fully saturated rings. The standard InChI is InChI=1S/C31H35N3O/c1-34(17-6-11-30-32-28-9-4-5-10-29(28)33-30)18-16-31(35)21-25-14-15-26(31)20-27(25)24-13-12-22-7-2-3-8-23(22)19-24/h2-5,7-10,12-13,19-20,25-26,35H,6,11,14-18,21H2,1H3,(H,32,33)/t25-,26+,31+/m0/s1. The Labute approximate surface area is 207 Å². The number of nitrogens with zero attached hydrogens (tertiary/aromatic N) is 2. The fraction of sp³-hybridized carbons (Fsp3) is 0.387. The van der Waals surface area contributed by atoms with Gasteiger partial charge in [-0.05, 0) is 91.7 Å². The molecule has 4 heteroatoms. The summed E-state index contributed by atoms with van der Waals surface area (Å²) in [6.45, 7) is 1.94. The molecule has 0 saturated heterocycles. The zero-order chi connectivity index (χ0) is 23.8. The predicted molar refractivity (Wildman–Crippen MR) is 144 cm³/mol. The maximum atomic E-state index is 11.6. The molecule has 3 aromatic carbocycles. The number of para-hydroxylation sites is 2. The molecular weight excluding hydrogens is 430 g/mol. The van der Waals surface area contributed by atoms with Crippen molar-refractivity contribution in [1.82, 2.24) is 14.9 Å². The first-order chi connectivity index (χ1) is 17.1. The van der Waals surface area contributed by atoms with E-state index in [1.165, 1.54) is 28.3 Å². The summed E-state index contributed by atoms with van der Waals surface area (Å²) < 4.78 is 0. The molecule has 3 aliphatic rings. The number of aromatic amines is 1. The second kappa shape index (κ2) is 9.25. The van der Waals surface area contributed by atoms with Crippen LogP contribution in [-0.4, -0.2) is 45.7 Å². The van der Waals surface area contributed by atoms with Gasteiger partial charge in [0.25, 0.3) is 0 Å².